The lowest BCUT2D eigenvalue weighted by molar-refractivity contribution is 0.312. The molecule has 0 saturated carbocycles. The molecule has 114 valence electrons. The molecule has 0 aromatic carbocycles. The third-order valence-corrected chi connectivity index (χ3v) is 4.05. The second-order valence-corrected chi connectivity index (χ2v) is 6.21. The van der Waals surface area contributed by atoms with Crippen molar-refractivity contribution in [2.45, 2.75) is 40.3 Å². The summed E-state index contributed by atoms with van der Waals surface area (Å²) in [7, 11) is 2.09. The van der Waals surface area contributed by atoms with Gasteiger partial charge in [-0.3, -0.25) is 4.90 Å². The Hall–Kier alpha value is -1.53. The second kappa shape index (κ2) is 7.47. The van der Waals surface area contributed by atoms with Gasteiger partial charge in [0.25, 0.3) is 0 Å². The molecule has 21 heavy (non-hydrogen) atoms. The van der Waals surface area contributed by atoms with E-state index in [4.69, 9.17) is 0 Å². The van der Waals surface area contributed by atoms with E-state index in [9.17, 15) is 0 Å². The molecule has 0 atom stereocenters. The third kappa shape index (κ3) is 4.75. The molecule has 0 spiro atoms. The van der Waals surface area contributed by atoms with Crippen LogP contribution < -0.4 is 5.32 Å². The minimum Gasteiger partial charge on any atom is -0.370 e. The number of anilines is 1. The number of aryl methyl sites for hydroxylation is 2. The number of aromatic nitrogens is 3. The van der Waals surface area contributed by atoms with Gasteiger partial charge in [0.2, 0.25) is 0 Å². The zero-order valence-corrected chi connectivity index (χ0v) is 14.0. The zero-order chi connectivity index (χ0) is 15.2. The molecule has 0 amide bonds. The molecule has 0 aliphatic carbocycles. The predicted molar refractivity (Wildman–Crippen MR) is 87.6 cm³/mol. The first-order valence-electron chi connectivity index (χ1n) is 7.24. The van der Waals surface area contributed by atoms with Crippen LogP contribution in [0.15, 0.2) is 11.6 Å². The smallest absolute Gasteiger partial charge is 0.144 e. The van der Waals surface area contributed by atoms with Crippen molar-refractivity contribution in [2.75, 3.05) is 18.9 Å². The predicted octanol–water partition coefficient (Wildman–Crippen LogP) is 3.00. The van der Waals surface area contributed by atoms with E-state index < -0.39 is 0 Å². The molecule has 0 aliphatic rings. The van der Waals surface area contributed by atoms with Crippen molar-refractivity contribution in [3.05, 3.63) is 33.7 Å². The molecular formula is C15H23N5S. The first kappa shape index (κ1) is 15.9. The maximum atomic E-state index is 4.59. The van der Waals surface area contributed by atoms with Gasteiger partial charge >= 0.3 is 0 Å². The highest BCUT2D eigenvalue weighted by atomic mass is 32.1. The highest BCUT2D eigenvalue weighted by Gasteiger charge is 2.09. The van der Waals surface area contributed by atoms with Crippen molar-refractivity contribution in [1.82, 2.24) is 19.9 Å². The van der Waals surface area contributed by atoms with Crippen molar-refractivity contribution in [3.8, 4) is 0 Å². The minimum absolute atomic E-state index is 0.736. The summed E-state index contributed by atoms with van der Waals surface area (Å²) in [5.74, 6) is 1.78. The fourth-order valence-electron chi connectivity index (χ4n) is 2.06. The van der Waals surface area contributed by atoms with Crippen LogP contribution >= 0.6 is 11.3 Å². The lowest BCUT2D eigenvalue weighted by Gasteiger charge is -2.16. The molecular weight excluding hydrogens is 282 g/mol. The zero-order valence-electron chi connectivity index (χ0n) is 13.2. The first-order chi connectivity index (χ1) is 10.1. The van der Waals surface area contributed by atoms with E-state index in [1.54, 1.807) is 11.3 Å². The Morgan fingerprint density at radius 2 is 2.05 bits per heavy atom. The van der Waals surface area contributed by atoms with Crippen LogP contribution in [-0.2, 0) is 13.1 Å². The van der Waals surface area contributed by atoms with Crippen LogP contribution in [-0.4, -0.2) is 33.4 Å². The van der Waals surface area contributed by atoms with Crippen LogP contribution in [0, 0.1) is 13.8 Å². The van der Waals surface area contributed by atoms with Crippen molar-refractivity contribution in [3.63, 3.8) is 0 Å². The van der Waals surface area contributed by atoms with Gasteiger partial charge in [0.05, 0.1) is 17.7 Å². The topological polar surface area (TPSA) is 53.9 Å². The van der Waals surface area contributed by atoms with Gasteiger partial charge in [-0.15, -0.1) is 11.3 Å². The Bertz CT molecular complexity index is 581. The third-order valence-electron chi connectivity index (χ3n) is 3.13. The van der Waals surface area contributed by atoms with Gasteiger partial charge in [-0.1, -0.05) is 6.92 Å². The van der Waals surface area contributed by atoms with Gasteiger partial charge < -0.3 is 5.32 Å². The molecule has 2 aromatic heterocycles. The molecule has 0 bridgehead atoms. The van der Waals surface area contributed by atoms with Crippen LogP contribution in [0.4, 0.5) is 5.82 Å². The molecule has 0 unspecified atom stereocenters. The summed E-state index contributed by atoms with van der Waals surface area (Å²) in [5, 5.41) is 3.33. The number of nitrogens with one attached hydrogen (secondary N) is 1. The molecule has 2 aromatic rings. The van der Waals surface area contributed by atoms with Crippen molar-refractivity contribution in [2.24, 2.45) is 0 Å². The van der Waals surface area contributed by atoms with Gasteiger partial charge in [0.15, 0.2) is 0 Å². The van der Waals surface area contributed by atoms with Crippen molar-refractivity contribution < 1.29 is 0 Å². The van der Waals surface area contributed by atoms with Crippen LogP contribution in [0.1, 0.15) is 35.4 Å². The standard InChI is InChI=1S/C15H23N5S/c1-5-6-16-14-7-11(2)18-15(19-14)9-20(4)8-13-12(3)17-10-21-13/h7,10H,5-6,8-9H2,1-4H3,(H,16,18,19). The molecule has 0 fully saturated rings. The van der Waals surface area contributed by atoms with Crippen LogP contribution in [0.25, 0.3) is 0 Å². The van der Waals surface area contributed by atoms with Gasteiger partial charge in [-0.05, 0) is 27.3 Å². The summed E-state index contributed by atoms with van der Waals surface area (Å²) in [4.78, 5) is 16.9. The highest BCUT2D eigenvalue weighted by molar-refractivity contribution is 7.09. The highest BCUT2D eigenvalue weighted by Crippen LogP contribution is 2.15. The lowest BCUT2D eigenvalue weighted by Crippen LogP contribution is -2.19. The number of hydrogen-bond donors (Lipinski definition) is 1. The maximum absolute atomic E-state index is 4.59. The summed E-state index contributed by atoms with van der Waals surface area (Å²) in [6.07, 6.45) is 1.09. The van der Waals surface area contributed by atoms with Gasteiger partial charge in [0, 0.05) is 29.7 Å². The van der Waals surface area contributed by atoms with Crippen LogP contribution in [0.3, 0.4) is 0 Å². The van der Waals surface area contributed by atoms with E-state index in [-0.39, 0.29) is 0 Å². The second-order valence-electron chi connectivity index (χ2n) is 5.27. The molecule has 1 N–H and O–H groups in total. The van der Waals surface area contributed by atoms with E-state index in [0.29, 0.717) is 0 Å². The molecule has 0 saturated heterocycles. The summed E-state index contributed by atoms with van der Waals surface area (Å²) in [5.41, 5.74) is 4.01. The van der Waals surface area contributed by atoms with Gasteiger partial charge in [-0.25, -0.2) is 15.0 Å². The number of rotatable bonds is 7. The SMILES string of the molecule is CCCNc1cc(C)nc(CN(C)Cc2scnc2C)n1. The van der Waals surface area contributed by atoms with Gasteiger partial charge in [0.1, 0.15) is 11.6 Å². The van der Waals surface area contributed by atoms with Gasteiger partial charge in [-0.2, -0.15) is 0 Å². The van der Waals surface area contributed by atoms with Crippen molar-refractivity contribution in [1.29, 1.82) is 0 Å². The summed E-state index contributed by atoms with van der Waals surface area (Å²) >= 11 is 1.70. The average Bonchev–Trinajstić information content (AvgIpc) is 2.81. The molecule has 2 heterocycles. The maximum Gasteiger partial charge on any atom is 0.144 e. The van der Waals surface area contributed by atoms with E-state index in [1.807, 2.05) is 18.5 Å². The lowest BCUT2D eigenvalue weighted by atomic mass is 10.3. The Balaban J connectivity index is 2.01. The average molecular weight is 305 g/mol. The quantitative estimate of drug-likeness (QED) is 0.852. The Kier molecular flexibility index (Phi) is 5.64. The van der Waals surface area contributed by atoms with Crippen LogP contribution in [0.5, 0.6) is 0 Å². The Morgan fingerprint density at radius 1 is 1.24 bits per heavy atom. The monoisotopic (exact) mass is 305 g/mol. The Labute approximate surface area is 130 Å². The largest absolute Gasteiger partial charge is 0.370 e. The number of hydrogen-bond acceptors (Lipinski definition) is 6. The van der Waals surface area contributed by atoms with E-state index in [2.05, 4.69) is 46.1 Å². The first-order valence-corrected chi connectivity index (χ1v) is 8.12. The minimum atomic E-state index is 0.736. The van der Waals surface area contributed by atoms with Crippen LogP contribution in [0.2, 0.25) is 0 Å². The summed E-state index contributed by atoms with van der Waals surface area (Å²) in [6, 6.07) is 1.99. The molecule has 6 heteroatoms. The molecule has 5 nitrogen and oxygen atoms in total. The summed E-state index contributed by atoms with van der Waals surface area (Å²) < 4.78 is 0. The number of nitrogens with zero attached hydrogens (tertiary/aromatic N) is 4. The number of thiazole rings is 1. The van der Waals surface area contributed by atoms with E-state index in [0.717, 1.165) is 49.1 Å². The molecule has 0 aliphatic heterocycles. The molecule has 0 radical (unpaired) electrons. The van der Waals surface area contributed by atoms with Crippen molar-refractivity contribution >= 4 is 17.2 Å². The van der Waals surface area contributed by atoms with E-state index >= 15 is 0 Å². The fraction of sp³-hybridized carbons (Fsp3) is 0.533. The van der Waals surface area contributed by atoms with E-state index in [1.165, 1.54) is 4.88 Å². The Morgan fingerprint density at radius 3 is 2.71 bits per heavy atom. The fourth-order valence-corrected chi connectivity index (χ4v) is 2.92. The summed E-state index contributed by atoms with van der Waals surface area (Å²) in [6.45, 7) is 8.76. The normalized spacial score (nSPS) is 11.1. The molecule has 2 rings (SSSR count).